The molecule has 0 bridgehead atoms. The number of nitrogens with zero attached hydrogens (tertiary/aromatic N) is 1. The molecule has 0 spiro atoms. The van der Waals surface area contributed by atoms with Crippen molar-refractivity contribution in [3.05, 3.63) is 114 Å². The van der Waals surface area contributed by atoms with Crippen molar-refractivity contribution in [3.8, 4) is 17.2 Å². The van der Waals surface area contributed by atoms with E-state index in [1.807, 2.05) is 38.1 Å². The number of rotatable bonds is 10. The van der Waals surface area contributed by atoms with Gasteiger partial charge in [0.2, 0.25) is 5.91 Å². The molecule has 0 N–H and O–H groups in total. The molecule has 1 saturated heterocycles. The Morgan fingerprint density at radius 1 is 0.767 bits per heavy atom. The van der Waals surface area contributed by atoms with Gasteiger partial charge in [-0.1, -0.05) is 35.4 Å². The number of carbonyl (C=O) groups excluding carboxylic acids is 3. The highest BCUT2D eigenvalue weighted by Crippen LogP contribution is 2.29. The summed E-state index contributed by atoms with van der Waals surface area (Å²) in [6.45, 7) is 3.45. The van der Waals surface area contributed by atoms with E-state index in [2.05, 4.69) is 0 Å². The maximum atomic E-state index is 12.7. The molecule has 1 aliphatic rings. The third-order valence-corrected chi connectivity index (χ3v) is 8.16. The van der Waals surface area contributed by atoms with E-state index in [0.717, 1.165) is 11.1 Å². The summed E-state index contributed by atoms with van der Waals surface area (Å²) in [5, 5.41) is 0. The molecule has 0 saturated carbocycles. The van der Waals surface area contributed by atoms with Gasteiger partial charge in [-0.15, -0.1) is 0 Å². The van der Waals surface area contributed by atoms with Crippen LogP contribution in [0.1, 0.15) is 27.9 Å². The van der Waals surface area contributed by atoms with Crippen LogP contribution in [-0.4, -0.2) is 39.2 Å². The molecule has 10 heteroatoms. The van der Waals surface area contributed by atoms with Crippen LogP contribution in [-0.2, 0) is 24.4 Å². The molecule has 43 heavy (non-hydrogen) atoms. The van der Waals surface area contributed by atoms with Crippen molar-refractivity contribution in [2.24, 2.45) is 5.92 Å². The fourth-order valence-electron chi connectivity index (χ4n) is 4.47. The first-order valence-corrected chi connectivity index (χ1v) is 14.9. The number of esters is 1. The van der Waals surface area contributed by atoms with E-state index < -0.39 is 34.4 Å². The summed E-state index contributed by atoms with van der Waals surface area (Å²) >= 11 is 0. The van der Waals surface area contributed by atoms with Crippen LogP contribution < -0.4 is 13.8 Å². The zero-order valence-electron chi connectivity index (χ0n) is 23.6. The Morgan fingerprint density at radius 2 is 1.30 bits per heavy atom. The van der Waals surface area contributed by atoms with Gasteiger partial charge < -0.3 is 18.6 Å². The largest absolute Gasteiger partial charge is 0.457 e. The molecule has 0 aliphatic carbocycles. The fourth-order valence-corrected chi connectivity index (χ4v) is 5.40. The molecule has 5 rings (SSSR count). The van der Waals surface area contributed by atoms with Gasteiger partial charge in [-0.3, -0.25) is 14.4 Å². The Balaban J connectivity index is 1.12. The number of aryl methyl sites for hydroxylation is 2. The molecule has 1 aliphatic heterocycles. The molecule has 0 radical (unpaired) electrons. The second-order valence-corrected chi connectivity index (χ2v) is 11.8. The molecule has 1 amide bonds. The minimum Gasteiger partial charge on any atom is -0.457 e. The van der Waals surface area contributed by atoms with Crippen molar-refractivity contribution in [3.63, 3.8) is 0 Å². The van der Waals surface area contributed by atoms with E-state index in [1.165, 1.54) is 41.3 Å². The molecule has 1 fully saturated rings. The fraction of sp³-hybridized carbons (Fsp3) is 0.182. The number of hydrogen-bond donors (Lipinski definition) is 0. The van der Waals surface area contributed by atoms with Crippen molar-refractivity contribution in [2.45, 2.75) is 25.2 Å². The predicted molar refractivity (Wildman–Crippen MR) is 159 cm³/mol. The third-order valence-electron chi connectivity index (χ3n) is 6.90. The summed E-state index contributed by atoms with van der Waals surface area (Å²) < 4.78 is 41.2. The maximum Gasteiger partial charge on any atom is 0.339 e. The standard InChI is InChI=1S/C33H29NO8S/c1-22-3-11-27(12-4-22)41-28-15-9-26(10-16-28)34-20-25(19-32(34)36)33(37)40-21-31(35)24-7-13-29(14-8-24)42-43(38,39)30-17-5-23(2)6-18-30/h3-18,25H,19-21H2,1-2H3/t25-/m1/s1. The van der Waals surface area contributed by atoms with Gasteiger partial charge in [0.15, 0.2) is 12.4 Å². The molecule has 220 valence electrons. The van der Waals surface area contributed by atoms with Crippen LogP contribution in [0.2, 0.25) is 0 Å². The minimum absolute atomic E-state index is 0.0123. The topological polar surface area (TPSA) is 116 Å². The zero-order valence-corrected chi connectivity index (χ0v) is 24.4. The first-order valence-electron chi connectivity index (χ1n) is 13.5. The number of anilines is 1. The highest BCUT2D eigenvalue weighted by molar-refractivity contribution is 7.87. The van der Waals surface area contributed by atoms with Gasteiger partial charge >= 0.3 is 16.1 Å². The average molecular weight is 600 g/mol. The van der Waals surface area contributed by atoms with Crippen molar-refractivity contribution in [2.75, 3.05) is 18.1 Å². The lowest BCUT2D eigenvalue weighted by Crippen LogP contribution is -2.27. The molecule has 1 heterocycles. The summed E-state index contributed by atoms with van der Waals surface area (Å²) in [5.74, 6) is -0.722. The maximum absolute atomic E-state index is 12.7. The van der Waals surface area contributed by atoms with Gasteiger partial charge in [0.25, 0.3) is 0 Å². The zero-order chi connectivity index (χ0) is 30.6. The van der Waals surface area contributed by atoms with Crippen molar-refractivity contribution in [1.82, 2.24) is 0 Å². The molecule has 0 unspecified atom stereocenters. The van der Waals surface area contributed by atoms with Crippen molar-refractivity contribution >= 4 is 33.5 Å². The number of hydrogen-bond acceptors (Lipinski definition) is 8. The molecule has 1 atom stereocenters. The van der Waals surface area contributed by atoms with Crippen LogP contribution in [0, 0.1) is 19.8 Å². The Bertz CT molecular complexity index is 1730. The number of ether oxygens (including phenoxy) is 2. The van der Waals surface area contributed by atoms with E-state index in [4.69, 9.17) is 13.7 Å². The number of carbonyl (C=O) groups is 3. The summed E-state index contributed by atoms with van der Waals surface area (Å²) in [4.78, 5) is 39.5. The van der Waals surface area contributed by atoms with E-state index in [-0.39, 0.29) is 35.1 Å². The van der Waals surface area contributed by atoms with Crippen LogP contribution in [0.4, 0.5) is 5.69 Å². The lowest BCUT2D eigenvalue weighted by Gasteiger charge is -2.17. The molecular formula is C33H29NO8S. The van der Waals surface area contributed by atoms with Crippen LogP contribution >= 0.6 is 0 Å². The second kappa shape index (κ2) is 12.5. The van der Waals surface area contributed by atoms with Gasteiger partial charge in [-0.2, -0.15) is 8.42 Å². The SMILES string of the molecule is Cc1ccc(Oc2ccc(N3C[C@H](C(=O)OCC(=O)c4ccc(OS(=O)(=O)c5ccc(C)cc5)cc4)CC3=O)cc2)cc1. The number of ketones is 1. The Labute approximate surface area is 249 Å². The summed E-state index contributed by atoms with van der Waals surface area (Å²) in [5.41, 5.74) is 2.87. The van der Waals surface area contributed by atoms with Gasteiger partial charge in [-0.05, 0) is 86.6 Å². The van der Waals surface area contributed by atoms with E-state index >= 15 is 0 Å². The Kier molecular flexibility index (Phi) is 8.58. The van der Waals surface area contributed by atoms with Crippen LogP contribution in [0.5, 0.6) is 17.2 Å². The predicted octanol–water partition coefficient (Wildman–Crippen LogP) is 5.64. The van der Waals surface area contributed by atoms with Gasteiger partial charge in [0.1, 0.15) is 22.1 Å². The third kappa shape index (κ3) is 7.28. The summed E-state index contributed by atoms with van der Waals surface area (Å²) in [7, 11) is -4.03. The number of amides is 1. The number of benzene rings is 4. The Morgan fingerprint density at radius 3 is 1.91 bits per heavy atom. The van der Waals surface area contributed by atoms with Crippen LogP contribution in [0.15, 0.2) is 102 Å². The summed E-state index contributed by atoms with van der Waals surface area (Å²) in [6, 6.07) is 26.4. The molecule has 4 aromatic carbocycles. The highest BCUT2D eigenvalue weighted by Gasteiger charge is 2.36. The Hall–Kier alpha value is -4.96. The average Bonchev–Trinajstić information content (AvgIpc) is 3.39. The molecular weight excluding hydrogens is 570 g/mol. The second-order valence-electron chi connectivity index (χ2n) is 10.2. The van der Waals surface area contributed by atoms with Crippen LogP contribution in [0.3, 0.4) is 0 Å². The number of Topliss-reactive ketones (excluding diaryl/α,β-unsaturated/α-hetero) is 1. The molecule has 9 nitrogen and oxygen atoms in total. The summed E-state index contributed by atoms with van der Waals surface area (Å²) in [6.07, 6.45) is -0.0316. The first kappa shape index (κ1) is 29.5. The first-order chi connectivity index (χ1) is 20.6. The quantitative estimate of drug-likeness (QED) is 0.131. The molecule has 0 aromatic heterocycles. The monoisotopic (exact) mass is 599 g/mol. The lowest BCUT2D eigenvalue weighted by molar-refractivity contribution is -0.147. The minimum atomic E-state index is -4.03. The van der Waals surface area contributed by atoms with Crippen molar-refractivity contribution in [1.29, 1.82) is 0 Å². The van der Waals surface area contributed by atoms with E-state index in [0.29, 0.717) is 17.2 Å². The smallest absolute Gasteiger partial charge is 0.339 e. The van der Waals surface area contributed by atoms with Gasteiger partial charge in [0, 0.05) is 24.2 Å². The normalized spacial score (nSPS) is 14.8. The van der Waals surface area contributed by atoms with E-state index in [9.17, 15) is 22.8 Å². The van der Waals surface area contributed by atoms with E-state index in [1.54, 1.807) is 36.4 Å². The van der Waals surface area contributed by atoms with Gasteiger partial charge in [-0.25, -0.2) is 0 Å². The van der Waals surface area contributed by atoms with Crippen molar-refractivity contribution < 1.29 is 36.5 Å². The lowest BCUT2D eigenvalue weighted by atomic mass is 10.1. The van der Waals surface area contributed by atoms with Gasteiger partial charge in [0.05, 0.1) is 5.92 Å². The van der Waals surface area contributed by atoms with Crippen LogP contribution in [0.25, 0.3) is 0 Å². The molecule has 4 aromatic rings. The highest BCUT2D eigenvalue weighted by atomic mass is 32.2.